The van der Waals surface area contributed by atoms with Gasteiger partial charge in [0, 0.05) is 13.0 Å². The fourth-order valence-electron chi connectivity index (χ4n) is 2.81. The summed E-state index contributed by atoms with van der Waals surface area (Å²) in [5, 5.41) is 3.23. The molecule has 5 nitrogen and oxygen atoms in total. The second-order valence-corrected chi connectivity index (χ2v) is 5.81. The van der Waals surface area contributed by atoms with E-state index in [1.165, 1.54) is 13.2 Å². The highest BCUT2D eigenvalue weighted by Gasteiger charge is 2.21. The zero-order valence-electron chi connectivity index (χ0n) is 13.8. The number of hydrogen-bond donors (Lipinski definition) is 1. The molecular formula is C18H20FN3O2. The van der Waals surface area contributed by atoms with E-state index in [0.717, 1.165) is 24.2 Å². The third kappa shape index (κ3) is 3.32. The second kappa shape index (κ2) is 6.86. The van der Waals surface area contributed by atoms with Gasteiger partial charge in [-0.25, -0.2) is 9.37 Å². The number of amides is 1. The number of pyridine rings is 1. The second-order valence-electron chi connectivity index (χ2n) is 5.81. The van der Waals surface area contributed by atoms with Crippen LogP contribution in [0.4, 0.5) is 15.9 Å². The molecule has 2 heterocycles. The lowest BCUT2D eigenvalue weighted by molar-refractivity contribution is -0.117. The number of aromatic nitrogens is 1. The van der Waals surface area contributed by atoms with Gasteiger partial charge in [-0.1, -0.05) is 6.07 Å². The molecule has 126 valence electrons. The van der Waals surface area contributed by atoms with Crippen molar-refractivity contribution in [2.45, 2.75) is 25.8 Å². The van der Waals surface area contributed by atoms with Gasteiger partial charge >= 0.3 is 0 Å². The van der Waals surface area contributed by atoms with Crippen molar-refractivity contribution in [2.24, 2.45) is 0 Å². The molecular weight excluding hydrogens is 309 g/mol. The van der Waals surface area contributed by atoms with Crippen molar-refractivity contribution in [1.29, 1.82) is 0 Å². The first kappa shape index (κ1) is 16.2. The first-order valence-corrected chi connectivity index (χ1v) is 7.95. The van der Waals surface area contributed by atoms with Crippen LogP contribution in [-0.2, 0) is 4.79 Å². The van der Waals surface area contributed by atoms with Crippen LogP contribution in [0.1, 0.15) is 31.4 Å². The maximum Gasteiger partial charge on any atom is 0.227 e. The minimum Gasteiger partial charge on any atom is -0.494 e. The van der Waals surface area contributed by atoms with Gasteiger partial charge in [0.15, 0.2) is 11.6 Å². The smallest absolute Gasteiger partial charge is 0.227 e. The topological polar surface area (TPSA) is 54.5 Å². The quantitative estimate of drug-likeness (QED) is 0.912. The lowest BCUT2D eigenvalue weighted by atomic mass is 10.1. The van der Waals surface area contributed by atoms with E-state index in [9.17, 15) is 9.18 Å². The molecule has 0 radical (unpaired) electrons. The summed E-state index contributed by atoms with van der Waals surface area (Å²) < 4.78 is 18.7. The lowest BCUT2D eigenvalue weighted by Crippen LogP contribution is -2.23. The summed E-state index contributed by atoms with van der Waals surface area (Å²) in [7, 11) is 1.44. The van der Waals surface area contributed by atoms with Crippen LogP contribution in [-0.4, -0.2) is 24.5 Å². The fourth-order valence-corrected chi connectivity index (χ4v) is 2.81. The predicted octanol–water partition coefficient (Wildman–Crippen LogP) is 3.53. The molecule has 1 fully saturated rings. The third-order valence-electron chi connectivity index (χ3n) is 4.17. The predicted molar refractivity (Wildman–Crippen MR) is 90.8 cm³/mol. The summed E-state index contributed by atoms with van der Waals surface area (Å²) in [5.41, 5.74) is 1.61. The van der Waals surface area contributed by atoms with Crippen LogP contribution in [0.2, 0.25) is 0 Å². The third-order valence-corrected chi connectivity index (χ3v) is 4.17. The molecule has 0 aliphatic carbocycles. The van der Waals surface area contributed by atoms with E-state index in [0.29, 0.717) is 12.2 Å². The van der Waals surface area contributed by atoms with E-state index in [1.54, 1.807) is 17.2 Å². The van der Waals surface area contributed by atoms with Crippen LogP contribution in [0.25, 0.3) is 0 Å². The number of methoxy groups -OCH3 is 1. The van der Waals surface area contributed by atoms with Gasteiger partial charge in [-0.2, -0.15) is 0 Å². The number of anilines is 2. The van der Waals surface area contributed by atoms with Gasteiger partial charge in [0.05, 0.1) is 25.0 Å². The van der Waals surface area contributed by atoms with E-state index in [4.69, 9.17) is 4.74 Å². The molecule has 3 rings (SSSR count). The summed E-state index contributed by atoms with van der Waals surface area (Å²) >= 11 is 0. The minimum atomic E-state index is -0.389. The van der Waals surface area contributed by atoms with Crippen LogP contribution in [0.15, 0.2) is 36.5 Å². The molecule has 1 saturated heterocycles. The van der Waals surface area contributed by atoms with Crippen molar-refractivity contribution in [3.05, 3.63) is 47.9 Å². The molecule has 24 heavy (non-hydrogen) atoms. The molecule has 1 N–H and O–H groups in total. The number of ether oxygens (including phenoxy) is 1. The van der Waals surface area contributed by atoms with Crippen LogP contribution in [0.3, 0.4) is 0 Å². The van der Waals surface area contributed by atoms with Crippen molar-refractivity contribution < 1.29 is 13.9 Å². The molecule has 1 atom stereocenters. The average molecular weight is 329 g/mol. The minimum absolute atomic E-state index is 0.114. The van der Waals surface area contributed by atoms with Gasteiger partial charge in [-0.3, -0.25) is 4.79 Å². The van der Waals surface area contributed by atoms with Crippen LogP contribution < -0.4 is 15.0 Å². The Morgan fingerprint density at radius 2 is 2.17 bits per heavy atom. The van der Waals surface area contributed by atoms with Gasteiger partial charge in [-0.05, 0) is 43.2 Å². The Bertz CT molecular complexity index is 734. The van der Waals surface area contributed by atoms with Gasteiger partial charge in [0.2, 0.25) is 5.91 Å². The first-order valence-electron chi connectivity index (χ1n) is 7.95. The Hall–Kier alpha value is -2.63. The Morgan fingerprint density at radius 3 is 2.75 bits per heavy atom. The Kier molecular flexibility index (Phi) is 4.64. The Balaban J connectivity index is 1.69. The molecule has 1 aromatic carbocycles. The van der Waals surface area contributed by atoms with Gasteiger partial charge in [-0.15, -0.1) is 0 Å². The molecule has 0 saturated carbocycles. The summed E-state index contributed by atoms with van der Waals surface area (Å²) in [6, 6.07) is 8.47. The number of benzene rings is 1. The van der Waals surface area contributed by atoms with Crippen molar-refractivity contribution in [1.82, 2.24) is 4.98 Å². The summed E-state index contributed by atoms with van der Waals surface area (Å²) in [6.45, 7) is 2.68. The molecule has 2 aromatic rings. The maximum absolute atomic E-state index is 13.8. The van der Waals surface area contributed by atoms with Gasteiger partial charge in [0.1, 0.15) is 5.82 Å². The highest BCUT2D eigenvalue weighted by Crippen LogP contribution is 2.25. The molecule has 1 aliphatic rings. The van der Waals surface area contributed by atoms with Crippen molar-refractivity contribution in [3.63, 3.8) is 0 Å². The van der Waals surface area contributed by atoms with E-state index in [-0.39, 0.29) is 23.5 Å². The fraction of sp³-hybridized carbons (Fsp3) is 0.333. The number of nitrogens with one attached hydrogen (secondary N) is 1. The molecule has 1 aromatic heterocycles. The van der Waals surface area contributed by atoms with Gasteiger partial charge < -0.3 is 15.0 Å². The highest BCUT2D eigenvalue weighted by molar-refractivity contribution is 5.95. The van der Waals surface area contributed by atoms with Crippen molar-refractivity contribution >= 4 is 17.4 Å². The van der Waals surface area contributed by atoms with Crippen LogP contribution in [0, 0.1) is 5.82 Å². The molecule has 0 unspecified atom stereocenters. The van der Waals surface area contributed by atoms with Crippen LogP contribution >= 0.6 is 0 Å². The monoisotopic (exact) mass is 329 g/mol. The zero-order chi connectivity index (χ0) is 17.1. The van der Waals surface area contributed by atoms with E-state index in [1.807, 2.05) is 25.1 Å². The first-order chi connectivity index (χ1) is 11.6. The lowest BCUT2D eigenvalue weighted by Gasteiger charge is -2.18. The number of carbonyl (C=O) groups is 1. The van der Waals surface area contributed by atoms with E-state index in [2.05, 4.69) is 10.3 Å². The Labute approximate surface area is 140 Å². The normalized spacial score (nSPS) is 15.5. The SMILES string of the molecule is COc1ccc([C@@H](C)Nc2ccc(N3CCCC3=O)cn2)cc1F. The van der Waals surface area contributed by atoms with Crippen molar-refractivity contribution in [2.75, 3.05) is 23.9 Å². The summed E-state index contributed by atoms with van der Waals surface area (Å²) in [6.07, 6.45) is 3.17. The zero-order valence-corrected chi connectivity index (χ0v) is 13.8. The number of carbonyl (C=O) groups excluding carboxylic acids is 1. The molecule has 1 aliphatic heterocycles. The van der Waals surface area contributed by atoms with E-state index >= 15 is 0 Å². The number of hydrogen-bond acceptors (Lipinski definition) is 4. The summed E-state index contributed by atoms with van der Waals surface area (Å²) in [4.78, 5) is 17.8. The summed E-state index contributed by atoms with van der Waals surface area (Å²) in [5.74, 6) is 0.650. The Morgan fingerprint density at radius 1 is 1.33 bits per heavy atom. The number of nitrogens with zero attached hydrogens (tertiary/aromatic N) is 2. The molecule has 0 bridgehead atoms. The highest BCUT2D eigenvalue weighted by atomic mass is 19.1. The van der Waals surface area contributed by atoms with E-state index < -0.39 is 0 Å². The number of halogens is 1. The largest absolute Gasteiger partial charge is 0.494 e. The number of rotatable bonds is 5. The average Bonchev–Trinajstić information content (AvgIpc) is 3.01. The molecule has 6 heteroatoms. The van der Waals surface area contributed by atoms with Crippen molar-refractivity contribution in [3.8, 4) is 5.75 Å². The standard InChI is InChI=1S/C18H20FN3O2/c1-12(13-5-7-16(24-2)15(19)10-13)21-17-8-6-14(11-20-17)22-9-3-4-18(22)23/h5-8,10-12H,3-4,9H2,1-2H3,(H,20,21)/t12-/m1/s1. The molecule has 1 amide bonds. The maximum atomic E-state index is 13.8. The van der Waals surface area contributed by atoms with Gasteiger partial charge in [0.25, 0.3) is 0 Å². The van der Waals surface area contributed by atoms with Crippen LogP contribution in [0.5, 0.6) is 5.75 Å². The molecule has 0 spiro atoms.